The maximum absolute atomic E-state index is 13.5. The summed E-state index contributed by atoms with van der Waals surface area (Å²) < 4.78 is 29.1. The van der Waals surface area contributed by atoms with E-state index in [1.807, 2.05) is 52.0 Å². The number of hydrogen-bond donors (Lipinski definition) is 1. The highest BCUT2D eigenvalue weighted by atomic mass is 79.9. The van der Waals surface area contributed by atoms with Gasteiger partial charge in [0.2, 0.25) is 15.9 Å². The molecule has 34 heavy (non-hydrogen) atoms. The van der Waals surface area contributed by atoms with Crippen molar-refractivity contribution in [1.29, 1.82) is 0 Å². The Morgan fingerprint density at radius 1 is 0.912 bits per heavy atom. The second-order valence-corrected chi connectivity index (χ2v) is 11.6. The van der Waals surface area contributed by atoms with Crippen molar-refractivity contribution in [3.8, 4) is 0 Å². The molecule has 0 fully saturated rings. The molecule has 3 rings (SSSR count). The van der Waals surface area contributed by atoms with E-state index in [4.69, 9.17) is 0 Å². The number of nitrogens with zero attached hydrogens (tertiary/aromatic N) is 1. The Morgan fingerprint density at radius 3 is 2.12 bits per heavy atom. The highest BCUT2D eigenvalue weighted by molar-refractivity contribution is 9.10. The fraction of sp³-hybridized carbons (Fsp3) is 0.296. The van der Waals surface area contributed by atoms with Gasteiger partial charge >= 0.3 is 0 Å². The predicted molar refractivity (Wildman–Crippen MR) is 140 cm³/mol. The summed E-state index contributed by atoms with van der Waals surface area (Å²) in [6, 6.07) is 18.0. The van der Waals surface area contributed by atoms with Crippen LogP contribution in [0, 0.1) is 27.7 Å². The van der Waals surface area contributed by atoms with Crippen LogP contribution < -0.4 is 5.32 Å². The maximum Gasteiger partial charge on any atom is 0.243 e. The van der Waals surface area contributed by atoms with Crippen LogP contribution in [0.2, 0.25) is 0 Å². The third-order valence-corrected chi connectivity index (χ3v) is 8.31. The lowest BCUT2D eigenvalue weighted by Crippen LogP contribution is -2.41. The van der Waals surface area contributed by atoms with Crippen LogP contribution in [0.4, 0.5) is 0 Å². The summed E-state index contributed by atoms with van der Waals surface area (Å²) in [5.41, 5.74) is 6.23. The van der Waals surface area contributed by atoms with Crippen molar-refractivity contribution in [3.05, 3.63) is 98.5 Å². The minimum Gasteiger partial charge on any atom is -0.348 e. The Hall–Kier alpha value is -2.48. The van der Waals surface area contributed by atoms with Crippen LogP contribution in [0.5, 0.6) is 0 Å². The van der Waals surface area contributed by atoms with Crippen LogP contribution in [0.15, 0.2) is 70.0 Å². The van der Waals surface area contributed by atoms with Gasteiger partial charge in [-0.2, -0.15) is 4.31 Å². The van der Waals surface area contributed by atoms with Crippen molar-refractivity contribution in [2.45, 2.75) is 52.1 Å². The van der Waals surface area contributed by atoms with Gasteiger partial charge in [0.05, 0.1) is 17.5 Å². The van der Waals surface area contributed by atoms with E-state index in [0.717, 1.165) is 32.3 Å². The van der Waals surface area contributed by atoms with E-state index >= 15 is 0 Å². The Kier molecular flexibility index (Phi) is 8.34. The summed E-state index contributed by atoms with van der Waals surface area (Å²) in [5, 5.41) is 2.99. The standard InChI is InChI=1S/C27H31BrN2O3S/c1-18-6-12-25(13-7-18)34(32,33)30(16-23-8-10-24(28)11-9-23)17-27(31)29-22(5)26-15-20(3)19(2)14-21(26)4/h6-15,22H,16-17H2,1-5H3,(H,29,31)/t22-/m1/s1. The smallest absolute Gasteiger partial charge is 0.243 e. The Balaban J connectivity index is 1.85. The van der Waals surface area contributed by atoms with Crippen molar-refractivity contribution >= 4 is 31.9 Å². The number of rotatable bonds is 8. The van der Waals surface area contributed by atoms with Gasteiger partial charge in [0.25, 0.3) is 0 Å². The lowest BCUT2D eigenvalue weighted by Gasteiger charge is -2.24. The van der Waals surface area contributed by atoms with Gasteiger partial charge in [-0.3, -0.25) is 4.79 Å². The van der Waals surface area contributed by atoms with Gasteiger partial charge in [-0.15, -0.1) is 0 Å². The number of halogens is 1. The van der Waals surface area contributed by atoms with E-state index in [-0.39, 0.29) is 29.9 Å². The van der Waals surface area contributed by atoms with E-state index in [0.29, 0.717) is 0 Å². The molecule has 1 atom stereocenters. The number of nitrogens with one attached hydrogen (secondary N) is 1. The first-order chi connectivity index (χ1) is 16.0. The Bertz CT molecular complexity index is 1270. The highest BCUT2D eigenvalue weighted by Gasteiger charge is 2.27. The molecule has 0 radical (unpaired) electrons. The van der Waals surface area contributed by atoms with E-state index in [9.17, 15) is 13.2 Å². The fourth-order valence-corrected chi connectivity index (χ4v) is 5.50. The molecule has 180 valence electrons. The van der Waals surface area contributed by atoms with Crippen LogP contribution >= 0.6 is 15.9 Å². The molecule has 0 spiro atoms. The number of benzene rings is 3. The third-order valence-electron chi connectivity index (χ3n) is 5.98. The topological polar surface area (TPSA) is 66.5 Å². The van der Waals surface area contributed by atoms with Gasteiger partial charge in [-0.05, 0) is 86.7 Å². The number of carbonyl (C=O) groups excluding carboxylic acids is 1. The number of sulfonamides is 1. The number of aryl methyl sites for hydroxylation is 4. The molecular formula is C27H31BrN2O3S. The van der Waals surface area contributed by atoms with E-state index < -0.39 is 10.0 Å². The molecule has 0 aromatic heterocycles. The molecule has 0 heterocycles. The highest BCUT2D eigenvalue weighted by Crippen LogP contribution is 2.23. The van der Waals surface area contributed by atoms with Crippen molar-refractivity contribution in [2.24, 2.45) is 0 Å². The summed E-state index contributed by atoms with van der Waals surface area (Å²) in [6.07, 6.45) is 0. The van der Waals surface area contributed by atoms with Crippen LogP contribution in [0.25, 0.3) is 0 Å². The zero-order valence-corrected chi connectivity index (χ0v) is 22.6. The second kappa shape index (κ2) is 10.8. The van der Waals surface area contributed by atoms with E-state index in [1.54, 1.807) is 24.3 Å². The predicted octanol–water partition coefficient (Wildman–Crippen LogP) is 5.75. The number of hydrogen-bond acceptors (Lipinski definition) is 3. The van der Waals surface area contributed by atoms with Gasteiger partial charge in [0.15, 0.2) is 0 Å². The quantitative estimate of drug-likeness (QED) is 0.394. The summed E-state index contributed by atoms with van der Waals surface area (Å²) >= 11 is 3.40. The molecule has 0 aliphatic carbocycles. The van der Waals surface area contributed by atoms with Crippen molar-refractivity contribution in [2.75, 3.05) is 6.54 Å². The molecule has 3 aromatic carbocycles. The molecule has 0 bridgehead atoms. The van der Waals surface area contributed by atoms with Crippen molar-refractivity contribution < 1.29 is 13.2 Å². The van der Waals surface area contributed by atoms with E-state index in [2.05, 4.69) is 40.3 Å². The first-order valence-electron chi connectivity index (χ1n) is 11.2. The molecule has 0 saturated heterocycles. The molecule has 1 amide bonds. The largest absolute Gasteiger partial charge is 0.348 e. The molecular weight excluding hydrogens is 512 g/mol. The third kappa shape index (κ3) is 6.34. The van der Waals surface area contributed by atoms with Gasteiger partial charge < -0.3 is 5.32 Å². The van der Waals surface area contributed by atoms with Gasteiger partial charge in [0, 0.05) is 11.0 Å². The Morgan fingerprint density at radius 2 is 1.50 bits per heavy atom. The number of carbonyl (C=O) groups is 1. The lowest BCUT2D eigenvalue weighted by molar-refractivity contribution is -0.122. The SMILES string of the molecule is Cc1ccc(S(=O)(=O)N(CC(=O)N[C@H](C)c2cc(C)c(C)cc2C)Cc2ccc(Br)cc2)cc1. The average Bonchev–Trinajstić information content (AvgIpc) is 2.77. The monoisotopic (exact) mass is 542 g/mol. The zero-order chi connectivity index (χ0) is 25.0. The van der Waals surface area contributed by atoms with Gasteiger partial charge in [0.1, 0.15) is 0 Å². The normalized spacial score (nSPS) is 12.6. The number of amides is 1. The summed E-state index contributed by atoms with van der Waals surface area (Å²) in [6.45, 7) is 9.76. The van der Waals surface area contributed by atoms with Crippen molar-refractivity contribution in [1.82, 2.24) is 9.62 Å². The fourth-order valence-electron chi connectivity index (χ4n) is 3.85. The molecule has 1 N–H and O–H groups in total. The van der Waals surface area contributed by atoms with Gasteiger partial charge in [-0.25, -0.2) is 8.42 Å². The van der Waals surface area contributed by atoms with Crippen molar-refractivity contribution in [3.63, 3.8) is 0 Å². The minimum atomic E-state index is -3.88. The molecule has 0 saturated carbocycles. The van der Waals surface area contributed by atoms with Crippen LogP contribution in [-0.2, 0) is 21.4 Å². The van der Waals surface area contributed by atoms with Gasteiger partial charge in [-0.1, -0.05) is 57.9 Å². The minimum absolute atomic E-state index is 0.0912. The molecule has 5 nitrogen and oxygen atoms in total. The van der Waals surface area contributed by atoms with Crippen LogP contribution in [0.3, 0.4) is 0 Å². The second-order valence-electron chi connectivity index (χ2n) is 8.79. The van der Waals surface area contributed by atoms with Crippen LogP contribution in [0.1, 0.15) is 46.3 Å². The maximum atomic E-state index is 13.5. The summed E-state index contributed by atoms with van der Waals surface area (Å²) in [7, 11) is -3.88. The molecule has 0 unspecified atom stereocenters. The molecule has 0 aliphatic heterocycles. The Labute approximate surface area is 211 Å². The molecule has 0 aliphatic rings. The first-order valence-corrected chi connectivity index (χ1v) is 13.4. The molecule has 7 heteroatoms. The average molecular weight is 544 g/mol. The first kappa shape index (κ1) is 26.1. The van der Waals surface area contributed by atoms with Crippen LogP contribution in [-0.4, -0.2) is 25.2 Å². The molecule has 3 aromatic rings. The zero-order valence-electron chi connectivity index (χ0n) is 20.2. The summed E-state index contributed by atoms with van der Waals surface area (Å²) in [4.78, 5) is 13.2. The lowest BCUT2D eigenvalue weighted by atomic mass is 9.96. The summed E-state index contributed by atoms with van der Waals surface area (Å²) in [5.74, 6) is -0.349. The van der Waals surface area contributed by atoms with E-state index in [1.165, 1.54) is 9.87 Å².